The zero-order valence-electron chi connectivity index (χ0n) is 14.4. The van der Waals surface area contributed by atoms with E-state index >= 15 is 0 Å². The fraction of sp³-hybridized carbons (Fsp3) is 0. The van der Waals surface area contributed by atoms with Gasteiger partial charge >= 0.3 is 0 Å². The van der Waals surface area contributed by atoms with Gasteiger partial charge in [-0.15, -0.1) is 0 Å². The molecule has 4 aromatic rings. The van der Waals surface area contributed by atoms with E-state index in [2.05, 4.69) is 97.1 Å². The van der Waals surface area contributed by atoms with Crippen LogP contribution in [0.25, 0.3) is 11.1 Å². The van der Waals surface area contributed by atoms with Crippen molar-refractivity contribution in [2.24, 2.45) is 0 Å². The Morgan fingerprint density at radius 3 is 1.69 bits per heavy atom. The highest BCUT2D eigenvalue weighted by molar-refractivity contribution is 7.22. The second-order valence-electron chi connectivity index (χ2n) is 6.83. The highest BCUT2D eigenvalue weighted by Crippen LogP contribution is 2.29. The van der Waals surface area contributed by atoms with E-state index in [0.29, 0.717) is 0 Å². The number of anilines is 1. The minimum atomic E-state index is -2.34. The molecule has 0 saturated heterocycles. The largest absolute Gasteiger partial charge is 0.399 e. The van der Waals surface area contributed by atoms with Gasteiger partial charge in [-0.05, 0) is 44.0 Å². The zero-order valence-corrected chi connectivity index (χ0v) is 15.4. The van der Waals surface area contributed by atoms with E-state index in [1.165, 1.54) is 31.9 Å². The second kappa shape index (κ2) is 5.72. The lowest BCUT2D eigenvalue weighted by molar-refractivity contribution is 1.69. The Morgan fingerprint density at radius 1 is 0.500 bits per heavy atom. The van der Waals surface area contributed by atoms with Crippen molar-refractivity contribution in [1.29, 1.82) is 0 Å². The zero-order chi connectivity index (χ0) is 17.6. The van der Waals surface area contributed by atoms with Gasteiger partial charge in [-0.1, -0.05) is 91.0 Å². The monoisotopic (exact) mass is 349 g/mol. The molecule has 2 heteroatoms. The standard InChI is InChI=1S/C24H19NSi/c25-18-15-16-22-21-13-7-8-14-23(21)26(24(22)17-18,19-9-3-1-4-10-19)20-11-5-2-6-12-20/h1-17H,25H2. The lowest BCUT2D eigenvalue weighted by Crippen LogP contribution is -2.72. The van der Waals surface area contributed by atoms with Gasteiger partial charge in [0.15, 0.2) is 8.07 Å². The maximum absolute atomic E-state index is 6.27. The van der Waals surface area contributed by atoms with E-state index in [9.17, 15) is 0 Å². The molecule has 0 spiro atoms. The molecule has 0 aliphatic carbocycles. The van der Waals surface area contributed by atoms with E-state index in [1.807, 2.05) is 6.07 Å². The van der Waals surface area contributed by atoms with Gasteiger partial charge < -0.3 is 5.73 Å². The number of rotatable bonds is 2. The Labute approximate surface area is 154 Å². The topological polar surface area (TPSA) is 26.0 Å². The van der Waals surface area contributed by atoms with Crippen LogP contribution < -0.4 is 26.5 Å². The summed E-state index contributed by atoms with van der Waals surface area (Å²) in [4.78, 5) is 0. The van der Waals surface area contributed by atoms with Gasteiger partial charge in [0.05, 0.1) is 0 Å². The smallest absolute Gasteiger partial charge is 0.180 e. The van der Waals surface area contributed by atoms with Crippen LogP contribution in [0.3, 0.4) is 0 Å². The number of hydrogen-bond donors (Lipinski definition) is 1. The normalized spacial score (nSPS) is 13.8. The summed E-state index contributed by atoms with van der Waals surface area (Å²) in [6.45, 7) is 0. The molecule has 5 rings (SSSR count). The van der Waals surface area contributed by atoms with Crippen molar-refractivity contribution < 1.29 is 0 Å². The summed E-state index contributed by atoms with van der Waals surface area (Å²) < 4.78 is 0. The molecule has 4 aromatic carbocycles. The summed E-state index contributed by atoms with van der Waals surface area (Å²) in [6, 6.07) is 37.3. The van der Waals surface area contributed by atoms with Crippen LogP contribution in [0.2, 0.25) is 0 Å². The van der Waals surface area contributed by atoms with Gasteiger partial charge in [-0.3, -0.25) is 0 Å². The number of nitrogen functional groups attached to an aromatic ring is 1. The summed E-state index contributed by atoms with van der Waals surface area (Å²) in [5.74, 6) is 0. The Kier molecular flexibility index (Phi) is 3.34. The van der Waals surface area contributed by atoms with Crippen LogP contribution in [-0.2, 0) is 0 Å². The van der Waals surface area contributed by atoms with Gasteiger partial charge in [-0.25, -0.2) is 0 Å². The first kappa shape index (κ1) is 15.2. The molecule has 0 saturated carbocycles. The van der Waals surface area contributed by atoms with Crippen LogP contribution in [0.15, 0.2) is 103 Å². The maximum atomic E-state index is 6.27. The van der Waals surface area contributed by atoms with E-state index in [4.69, 9.17) is 5.73 Å². The van der Waals surface area contributed by atoms with Gasteiger partial charge in [0.2, 0.25) is 0 Å². The molecule has 1 aliphatic heterocycles. The third kappa shape index (κ3) is 1.96. The van der Waals surface area contributed by atoms with Gasteiger partial charge in [0, 0.05) is 5.69 Å². The Hall–Kier alpha value is -3.10. The van der Waals surface area contributed by atoms with Gasteiger partial charge in [-0.2, -0.15) is 0 Å². The predicted octanol–water partition coefficient (Wildman–Crippen LogP) is 2.63. The quantitative estimate of drug-likeness (QED) is 0.385. The van der Waals surface area contributed by atoms with Crippen molar-refractivity contribution in [2.45, 2.75) is 0 Å². The summed E-state index contributed by atoms with van der Waals surface area (Å²) in [5, 5.41) is 5.67. The van der Waals surface area contributed by atoms with Crippen molar-refractivity contribution in [2.75, 3.05) is 5.73 Å². The van der Waals surface area contributed by atoms with Crippen LogP contribution in [0.5, 0.6) is 0 Å². The summed E-state index contributed by atoms with van der Waals surface area (Å²) in [6.07, 6.45) is 0. The third-order valence-electron chi connectivity index (χ3n) is 5.48. The van der Waals surface area contributed by atoms with Crippen LogP contribution in [0.1, 0.15) is 0 Å². The minimum Gasteiger partial charge on any atom is -0.399 e. The molecule has 0 atom stereocenters. The van der Waals surface area contributed by atoms with Crippen LogP contribution in [0, 0.1) is 0 Å². The molecule has 0 aromatic heterocycles. The van der Waals surface area contributed by atoms with Gasteiger partial charge in [0.25, 0.3) is 0 Å². The second-order valence-corrected chi connectivity index (χ2v) is 10.6. The first-order valence-corrected chi connectivity index (χ1v) is 10.9. The van der Waals surface area contributed by atoms with Crippen molar-refractivity contribution in [3.05, 3.63) is 103 Å². The number of nitrogens with two attached hydrogens (primary N) is 1. The molecule has 1 aliphatic rings. The molecule has 0 radical (unpaired) electrons. The molecule has 0 fully saturated rings. The first-order chi connectivity index (χ1) is 12.8. The highest BCUT2D eigenvalue weighted by Gasteiger charge is 2.48. The first-order valence-electron chi connectivity index (χ1n) is 8.93. The highest BCUT2D eigenvalue weighted by atomic mass is 28.3. The fourth-order valence-electron chi connectivity index (χ4n) is 4.46. The van der Waals surface area contributed by atoms with E-state index < -0.39 is 8.07 Å². The number of benzene rings is 4. The molecular weight excluding hydrogens is 330 g/mol. The molecule has 1 heterocycles. The maximum Gasteiger partial charge on any atom is 0.180 e. The molecule has 26 heavy (non-hydrogen) atoms. The lowest BCUT2D eigenvalue weighted by atomic mass is 10.1. The van der Waals surface area contributed by atoms with Crippen molar-refractivity contribution >= 4 is 34.5 Å². The SMILES string of the molecule is Nc1ccc2c(c1)[Si](c1ccccc1)(c1ccccc1)c1ccccc1-2. The molecule has 0 amide bonds. The van der Waals surface area contributed by atoms with E-state index in [1.54, 1.807) is 0 Å². The van der Waals surface area contributed by atoms with Crippen LogP contribution in [0.4, 0.5) is 5.69 Å². The third-order valence-corrected chi connectivity index (χ3v) is 10.3. The number of hydrogen-bond acceptors (Lipinski definition) is 1. The molecule has 1 nitrogen and oxygen atoms in total. The number of fused-ring (bicyclic) bond motifs is 3. The van der Waals surface area contributed by atoms with Crippen molar-refractivity contribution in [3.63, 3.8) is 0 Å². The summed E-state index contributed by atoms with van der Waals surface area (Å²) in [7, 11) is -2.34. The Bertz CT molecular complexity index is 1050. The van der Waals surface area contributed by atoms with Crippen molar-refractivity contribution in [3.8, 4) is 11.1 Å². The van der Waals surface area contributed by atoms with Gasteiger partial charge in [0.1, 0.15) is 0 Å². The average molecular weight is 350 g/mol. The average Bonchev–Trinajstić information content (AvgIpc) is 3.00. The minimum absolute atomic E-state index is 0.834. The summed E-state index contributed by atoms with van der Waals surface area (Å²) >= 11 is 0. The fourth-order valence-corrected chi connectivity index (χ4v) is 9.69. The van der Waals surface area contributed by atoms with Crippen LogP contribution >= 0.6 is 0 Å². The molecule has 0 unspecified atom stereocenters. The summed E-state index contributed by atoms with van der Waals surface area (Å²) in [5.41, 5.74) is 9.78. The van der Waals surface area contributed by atoms with Crippen molar-refractivity contribution in [1.82, 2.24) is 0 Å². The Balaban J connectivity index is 1.99. The van der Waals surface area contributed by atoms with Crippen LogP contribution in [-0.4, -0.2) is 8.07 Å². The molecule has 2 N–H and O–H groups in total. The van der Waals surface area contributed by atoms with E-state index in [-0.39, 0.29) is 0 Å². The predicted molar refractivity (Wildman–Crippen MR) is 113 cm³/mol. The molecule has 0 bridgehead atoms. The lowest BCUT2D eigenvalue weighted by Gasteiger charge is -2.31. The molecule has 124 valence electrons. The Morgan fingerprint density at radius 2 is 1.04 bits per heavy atom. The molecular formula is C24H19NSi. The van der Waals surface area contributed by atoms with E-state index in [0.717, 1.165) is 5.69 Å².